The van der Waals surface area contributed by atoms with E-state index in [1.165, 1.54) is 0 Å². The molecule has 2 saturated heterocycles. The lowest BCUT2D eigenvalue weighted by atomic mass is 9.84. The molecule has 27 heavy (non-hydrogen) atoms. The number of benzene rings is 2. The lowest BCUT2D eigenvalue weighted by Gasteiger charge is -2.38. The van der Waals surface area contributed by atoms with E-state index in [1.54, 1.807) is 24.3 Å². The minimum absolute atomic E-state index is 0.265. The average Bonchev–Trinajstić information content (AvgIpc) is 3.20. The van der Waals surface area contributed by atoms with Crippen LogP contribution < -0.4 is 5.32 Å². The van der Waals surface area contributed by atoms with Gasteiger partial charge in [0.15, 0.2) is 5.79 Å². The van der Waals surface area contributed by atoms with Crippen LogP contribution in [0.1, 0.15) is 24.0 Å². The zero-order valence-electron chi connectivity index (χ0n) is 15.5. The van der Waals surface area contributed by atoms with E-state index >= 15 is 0 Å². The third-order valence-electron chi connectivity index (χ3n) is 5.49. The van der Waals surface area contributed by atoms with Gasteiger partial charge in [-0.05, 0) is 57.1 Å². The van der Waals surface area contributed by atoms with Gasteiger partial charge in [0, 0.05) is 11.5 Å². The maximum absolute atomic E-state index is 12.9. The Balaban J connectivity index is 1.65. The summed E-state index contributed by atoms with van der Waals surface area (Å²) < 4.78 is 38.0. The van der Waals surface area contributed by atoms with E-state index in [0.29, 0.717) is 18.1 Å². The summed E-state index contributed by atoms with van der Waals surface area (Å²) in [7, 11) is -3.53. The second kappa shape index (κ2) is 7.36. The number of nitrogens with one attached hydrogen (secondary N) is 1. The van der Waals surface area contributed by atoms with Crippen LogP contribution in [0.25, 0.3) is 0 Å². The molecule has 6 heteroatoms. The van der Waals surface area contributed by atoms with Crippen molar-refractivity contribution in [1.82, 2.24) is 5.32 Å². The number of ether oxygens (including phenoxy) is 2. The molecule has 2 aliphatic rings. The van der Waals surface area contributed by atoms with Crippen LogP contribution in [0.15, 0.2) is 58.3 Å². The summed E-state index contributed by atoms with van der Waals surface area (Å²) in [6, 6.07) is 13.9. The van der Waals surface area contributed by atoms with Crippen molar-refractivity contribution in [3.63, 3.8) is 0 Å². The molecule has 0 saturated carbocycles. The van der Waals surface area contributed by atoms with E-state index in [-0.39, 0.29) is 10.8 Å². The molecular formula is C21H25NO4S. The minimum atomic E-state index is -3.53. The van der Waals surface area contributed by atoms with Crippen molar-refractivity contribution in [3.05, 3.63) is 59.7 Å². The molecule has 0 radical (unpaired) electrons. The van der Waals surface area contributed by atoms with E-state index in [4.69, 9.17) is 9.47 Å². The molecule has 0 unspecified atom stereocenters. The summed E-state index contributed by atoms with van der Waals surface area (Å²) in [5.74, 6) is -0.491. The molecule has 0 atom stereocenters. The van der Waals surface area contributed by atoms with Gasteiger partial charge in [-0.2, -0.15) is 0 Å². The molecule has 2 heterocycles. The summed E-state index contributed by atoms with van der Waals surface area (Å²) in [5.41, 5.74) is 1.93. The average molecular weight is 388 g/mol. The van der Waals surface area contributed by atoms with E-state index in [9.17, 15) is 8.42 Å². The highest BCUT2D eigenvalue weighted by molar-refractivity contribution is 7.91. The lowest BCUT2D eigenvalue weighted by Crippen LogP contribution is -2.42. The first kappa shape index (κ1) is 18.6. The Morgan fingerprint density at radius 2 is 1.41 bits per heavy atom. The van der Waals surface area contributed by atoms with Gasteiger partial charge in [0.1, 0.15) is 0 Å². The van der Waals surface area contributed by atoms with Crippen molar-refractivity contribution in [3.8, 4) is 0 Å². The van der Waals surface area contributed by atoms with Gasteiger partial charge in [-0.3, -0.25) is 0 Å². The molecule has 1 N–H and O–H groups in total. The van der Waals surface area contributed by atoms with Crippen molar-refractivity contribution in [2.75, 3.05) is 26.3 Å². The van der Waals surface area contributed by atoms with Gasteiger partial charge >= 0.3 is 0 Å². The fraction of sp³-hybridized carbons (Fsp3) is 0.429. The lowest BCUT2D eigenvalue weighted by molar-refractivity contribution is -0.210. The fourth-order valence-electron chi connectivity index (χ4n) is 3.99. The zero-order chi connectivity index (χ0) is 18.9. The number of rotatable bonds is 4. The Labute approximate surface area is 160 Å². The molecule has 2 aromatic carbocycles. The molecule has 0 aliphatic carbocycles. The minimum Gasteiger partial charge on any atom is -0.343 e. The predicted molar refractivity (Wildman–Crippen MR) is 102 cm³/mol. The van der Waals surface area contributed by atoms with Gasteiger partial charge in [-0.1, -0.05) is 29.8 Å². The Morgan fingerprint density at radius 3 is 1.96 bits per heavy atom. The Bertz CT molecular complexity index is 879. The molecule has 2 aliphatic heterocycles. The Morgan fingerprint density at radius 1 is 0.889 bits per heavy atom. The van der Waals surface area contributed by atoms with Crippen molar-refractivity contribution in [1.29, 1.82) is 0 Å². The van der Waals surface area contributed by atoms with Crippen LogP contribution in [0, 0.1) is 12.8 Å². The largest absolute Gasteiger partial charge is 0.343 e. The number of piperidine rings is 1. The summed E-state index contributed by atoms with van der Waals surface area (Å²) in [6.07, 6.45) is 1.95. The second-order valence-electron chi connectivity index (χ2n) is 7.23. The summed E-state index contributed by atoms with van der Waals surface area (Å²) in [6.45, 7) is 4.95. The fourth-order valence-corrected chi connectivity index (χ4v) is 5.25. The maximum atomic E-state index is 12.9. The number of hydrogen-bond donors (Lipinski definition) is 1. The van der Waals surface area contributed by atoms with Crippen LogP contribution in [-0.4, -0.2) is 34.7 Å². The van der Waals surface area contributed by atoms with E-state index in [0.717, 1.165) is 37.1 Å². The number of hydrogen-bond acceptors (Lipinski definition) is 5. The first-order valence-electron chi connectivity index (χ1n) is 9.43. The summed E-state index contributed by atoms with van der Waals surface area (Å²) >= 11 is 0. The molecule has 0 spiro atoms. The molecule has 4 rings (SSSR count). The molecular weight excluding hydrogens is 362 g/mol. The second-order valence-corrected chi connectivity index (χ2v) is 9.18. The van der Waals surface area contributed by atoms with Crippen LogP contribution >= 0.6 is 0 Å². The molecule has 0 amide bonds. The third kappa shape index (κ3) is 3.43. The van der Waals surface area contributed by atoms with Gasteiger partial charge in [0.05, 0.1) is 23.0 Å². The molecule has 5 nitrogen and oxygen atoms in total. The topological polar surface area (TPSA) is 64.6 Å². The van der Waals surface area contributed by atoms with Gasteiger partial charge in [0.25, 0.3) is 0 Å². The summed E-state index contributed by atoms with van der Waals surface area (Å²) in [5, 5.41) is 3.37. The van der Waals surface area contributed by atoms with Crippen LogP contribution in [0.3, 0.4) is 0 Å². The van der Waals surface area contributed by atoms with Crippen LogP contribution in [-0.2, 0) is 25.1 Å². The quantitative estimate of drug-likeness (QED) is 0.874. The highest BCUT2D eigenvalue weighted by Crippen LogP contribution is 2.43. The maximum Gasteiger partial charge on any atom is 0.206 e. The van der Waals surface area contributed by atoms with Crippen molar-refractivity contribution >= 4 is 9.84 Å². The van der Waals surface area contributed by atoms with E-state index in [1.807, 2.05) is 31.2 Å². The van der Waals surface area contributed by atoms with Gasteiger partial charge in [-0.15, -0.1) is 0 Å². The van der Waals surface area contributed by atoms with Crippen molar-refractivity contribution in [2.45, 2.75) is 35.3 Å². The first-order valence-corrected chi connectivity index (χ1v) is 10.9. The van der Waals surface area contributed by atoms with E-state index < -0.39 is 15.6 Å². The molecule has 2 fully saturated rings. The smallest absolute Gasteiger partial charge is 0.206 e. The molecule has 144 valence electrons. The van der Waals surface area contributed by atoms with Gasteiger partial charge in [-0.25, -0.2) is 8.42 Å². The standard InChI is InChI=1S/C21H25NO4S/c1-16-2-6-19(7-3-16)27(23,24)20-8-4-17(5-9-20)21(25-14-15-26-21)18-10-12-22-13-11-18/h2-9,18,22H,10-15H2,1H3. The predicted octanol–water partition coefficient (Wildman–Crippen LogP) is 3.03. The van der Waals surface area contributed by atoms with E-state index in [2.05, 4.69) is 5.32 Å². The highest BCUT2D eigenvalue weighted by atomic mass is 32.2. The Hall–Kier alpha value is -1.73. The van der Waals surface area contributed by atoms with Crippen LogP contribution in [0.5, 0.6) is 0 Å². The summed E-state index contributed by atoms with van der Waals surface area (Å²) in [4.78, 5) is 0.593. The van der Waals surface area contributed by atoms with Crippen LogP contribution in [0.2, 0.25) is 0 Å². The number of aryl methyl sites for hydroxylation is 1. The van der Waals surface area contributed by atoms with Gasteiger partial charge in [0.2, 0.25) is 9.84 Å². The normalized spacial score (nSPS) is 20.6. The zero-order valence-corrected chi connectivity index (χ0v) is 16.3. The molecule has 0 bridgehead atoms. The molecule has 2 aromatic rings. The van der Waals surface area contributed by atoms with Crippen molar-refractivity contribution < 1.29 is 17.9 Å². The van der Waals surface area contributed by atoms with Crippen molar-refractivity contribution in [2.24, 2.45) is 5.92 Å². The first-order chi connectivity index (χ1) is 13.0. The van der Waals surface area contributed by atoms with Gasteiger partial charge < -0.3 is 14.8 Å². The number of sulfone groups is 1. The monoisotopic (exact) mass is 387 g/mol. The molecule has 0 aromatic heterocycles. The Kier molecular flexibility index (Phi) is 5.07. The third-order valence-corrected chi connectivity index (χ3v) is 7.28. The SMILES string of the molecule is Cc1ccc(S(=O)(=O)c2ccc(C3(C4CCNCC4)OCCO3)cc2)cc1. The highest BCUT2D eigenvalue weighted by Gasteiger charge is 2.46. The van der Waals surface area contributed by atoms with Crippen LogP contribution in [0.4, 0.5) is 0 Å².